The molecule has 0 aliphatic rings. The molecule has 0 saturated carbocycles. The molecule has 1 aromatic carbocycles. The van der Waals surface area contributed by atoms with Gasteiger partial charge in [0.1, 0.15) is 5.82 Å². The molecule has 4 nitrogen and oxygen atoms in total. The maximum atomic E-state index is 14.0. The van der Waals surface area contributed by atoms with Gasteiger partial charge in [-0.2, -0.15) is 0 Å². The van der Waals surface area contributed by atoms with Crippen LogP contribution in [0.2, 0.25) is 0 Å². The van der Waals surface area contributed by atoms with E-state index < -0.39 is 0 Å². The summed E-state index contributed by atoms with van der Waals surface area (Å²) < 4.78 is 14.0. The maximum Gasteiger partial charge on any atom is 0.188 e. The van der Waals surface area contributed by atoms with Gasteiger partial charge in [0.25, 0.3) is 0 Å². The van der Waals surface area contributed by atoms with Crippen molar-refractivity contribution in [1.29, 1.82) is 0 Å². The number of hydrogen-bond donors (Lipinski definition) is 2. The molecule has 0 aliphatic heterocycles. The highest BCUT2D eigenvalue weighted by Crippen LogP contribution is 2.13. The normalized spacial score (nSPS) is 11.4. The van der Waals surface area contributed by atoms with E-state index in [2.05, 4.69) is 21.8 Å². The molecular weight excluding hydrogens is 438 g/mol. The third-order valence-electron chi connectivity index (χ3n) is 3.29. The van der Waals surface area contributed by atoms with E-state index in [1.807, 2.05) is 31.1 Å². The number of nitrogens with one attached hydrogen (secondary N) is 1. The fourth-order valence-electron chi connectivity index (χ4n) is 2.16. The van der Waals surface area contributed by atoms with Crippen LogP contribution < -0.4 is 11.1 Å². The molecule has 1 aromatic heterocycles. The van der Waals surface area contributed by atoms with Crippen molar-refractivity contribution >= 4 is 41.3 Å². The lowest BCUT2D eigenvalue weighted by molar-refractivity contribution is 0.392. The Balaban J connectivity index is 0.00000288. The minimum atomic E-state index is -0.198. The largest absolute Gasteiger partial charge is 0.370 e. The van der Waals surface area contributed by atoms with Crippen LogP contribution in [0, 0.1) is 5.82 Å². The molecule has 132 valence electrons. The first-order valence-electron chi connectivity index (χ1n) is 7.53. The van der Waals surface area contributed by atoms with Crippen LogP contribution in [0.3, 0.4) is 0 Å². The summed E-state index contributed by atoms with van der Waals surface area (Å²) >= 11 is 1.73. The predicted molar refractivity (Wildman–Crippen MR) is 111 cm³/mol. The zero-order chi connectivity index (χ0) is 16.7. The summed E-state index contributed by atoms with van der Waals surface area (Å²) in [5.41, 5.74) is 7.33. The Bertz CT molecular complexity index is 644. The van der Waals surface area contributed by atoms with Crippen molar-refractivity contribution in [2.75, 3.05) is 20.6 Å². The summed E-state index contributed by atoms with van der Waals surface area (Å²) in [5, 5.41) is 5.13. The van der Waals surface area contributed by atoms with Crippen molar-refractivity contribution in [2.45, 2.75) is 19.5 Å². The van der Waals surface area contributed by atoms with Gasteiger partial charge in [-0.15, -0.1) is 35.3 Å². The zero-order valence-corrected chi connectivity index (χ0v) is 17.1. The second kappa shape index (κ2) is 10.6. The van der Waals surface area contributed by atoms with Gasteiger partial charge in [-0.1, -0.05) is 18.2 Å². The molecule has 0 atom stereocenters. The van der Waals surface area contributed by atoms with Gasteiger partial charge in [-0.25, -0.2) is 9.38 Å². The Labute approximate surface area is 164 Å². The van der Waals surface area contributed by atoms with Crippen molar-refractivity contribution in [2.24, 2.45) is 10.7 Å². The molecule has 3 N–H and O–H groups in total. The number of hydrogen-bond acceptors (Lipinski definition) is 3. The smallest absolute Gasteiger partial charge is 0.188 e. The number of guanidine groups is 1. The van der Waals surface area contributed by atoms with Gasteiger partial charge in [0, 0.05) is 23.5 Å². The lowest BCUT2D eigenvalue weighted by Gasteiger charge is -2.11. The molecule has 0 unspecified atom stereocenters. The fourth-order valence-corrected chi connectivity index (χ4v) is 2.87. The van der Waals surface area contributed by atoms with Gasteiger partial charge in [0.15, 0.2) is 5.96 Å². The Hall–Kier alpha value is -1.19. The van der Waals surface area contributed by atoms with Crippen LogP contribution in [-0.2, 0) is 19.5 Å². The number of rotatable bonds is 7. The molecule has 0 fully saturated rings. The van der Waals surface area contributed by atoms with E-state index in [0.29, 0.717) is 24.6 Å². The first kappa shape index (κ1) is 20.9. The Morgan fingerprint density at radius 2 is 2.12 bits per heavy atom. The zero-order valence-electron chi connectivity index (χ0n) is 14.0. The van der Waals surface area contributed by atoms with Gasteiger partial charge < -0.3 is 16.0 Å². The summed E-state index contributed by atoms with van der Waals surface area (Å²) in [5.74, 6) is 0.190. The lowest BCUT2D eigenvalue weighted by atomic mass is 10.1. The number of halogens is 2. The van der Waals surface area contributed by atoms with Crippen molar-refractivity contribution in [3.8, 4) is 0 Å². The minimum Gasteiger partial charge on any atom is -0.370 e. The lowest BCUT2D eigenvalue weighted by Crippen LogP contribution is -2.33. The van der Waals surface area contributed by atoms with E-state index in [9.17, 15) is 4.39 Å². The van der Waals surface area contributed by atoms with Crippen LogP contribution in [-0.4, -0.2) is 31.5 Å². The van der Waals surface area contributed by atoms with E-state index in [1.165, 1.54) is 10.9 Å². The third kappa shape index (κ3) is 7.14. The van der Waals surface area contributed by atoms with Gasteiger partial charge in [0.05, 0.1) is 6.54 Å². The number of thiophene rings is 1. The molecule has 0 amide bonds. The molecule has 2 rings (SSSR count). The summed E-state index contributed by atoms with van der Waals surface area (Å²) in [4.78, 5) is 7.50. The molecule has 0 radical (unpaired) electrons. The maximum absolute atomic E-state index is 14.0. The molecule has 1 heterocycles. The number of nitrogens with two attached hydrogens (primary N) is 1. The first-order chi connectivity index (χ1) is 11.0. The van der Waals surface area contributed by atoms with Gasteiger partial charge >= 0.3 is 0 Å². The van der Waals surface area contributed by atoms with Crippen molar-refractivity contribution in [3.63, 3.8) is 0 Å². The summed E-state index contributed by atoms with van der Waals surface area (Å²) in [6.45, 7) is 1.70. The average molecular weight is 462 g/mol. The highest BCUT2D eigenvalue weighted by Gasteiger charge is 2.04. The monoisotopic (exact) mass is 462 g/mol. The number of nitrogens with zero attached hydrogens (tertiary/aromatic N) is 2. The van der Waals surface area contributed by atoms with Crippen molar-refractivity contribution in [1.82, 2.24) is 10.2 Å². The van der Waals surface area contributed by atoms with Gasteiger partial charge in [-0.05, 0) is 43.6 Å². The average Bonchev–Trinajstić information content (AvgIpc) is 3.00. The highest BCUT2D eigenvalue weighted by molar-refractivity contribution is 14.0. The Kier molecular flexibility index (Phi) is 9.24. The molecule has 0 aliphatic carbocycles. The van der Waals surface area contributed by atoms with Crippen LogP contribution >= 0.6 is 35.3 Å². The van der Waals surface area contributed by atoms with Crippen LogP contribution in [0.15, 0.2) is 40.7 Å². The fraction of sp³-hybridized carbons (Fsp3) is 0.353. The summed E-state index contributed by atoms with van der Waals surface area (Å²) in [6.07, 6.45) is 0.918. The van der Waals surface area contributed by atoms with Crippen LogP contribution in [0.1, 0.15) is 16.0 Å². The van der Waals surface area contributed by atoms with Gasteiger partial charge in [0.2, 0.25) is 0 Å². The van der Waals surface area contributed by atoms with E-state index >= 15 is 0 Å². The topological polar surface area (TPSA) is 53.6 Å². The Morgan fingerprint density at radius 3 is 2.75 bits per heavy atom. The van der Waals surface area contributed by atoms with Gasteiger partial charge in [-0.3, -0.25) is 0 Å². The van der Waals surface area contributed by atoms with E-state index in [-0.39, 0.29) is 29.8 Å². The van der Waals surface area contributed by atoms with Crippen molar-refractivity contribution in [3.05, 3.63) is 57.5 Å². The van der Waals surface area contributed by atoms with E-state index in [4.69, 9.17) is 5.73 Å². The predicted octanol–water partition coefficient (Wildman–Crippen LogP) is 3.21. The molecule has 0 saturated heterocycles. The highest BCUT2D eigenvalue weighted by atomic mass is 127. The SMILES string of the molecule is CN(C)Cc1ccc(CN=C(N)NCCc2cccs2)cc1F.I. The standard InChI is InChI=1S/C17H23FN4S.HI/c1-22(2)12-14-6-5-13(10-16(14)18)11-21-17(19)20-8-7-15-4-3-9-23-15;/h3-6,9-10H,7-8,11-12H2,1-2H3,(H3,19,20,21);1H. The quantitative estimate of drug-likeness (QED) is 0.378. The molecule has 24 heavy (non-hydrogen) atoms. The van der Waals surface area contributed by atoms with Crippen molar-refractivity contribution < 1.29 is 4.39 Å². The Morgan fingerprint density at radius 1 is 1.33 bits per heavy atom. The number of benzene rings is 1. The second-order valence-electron chi connectivity index (χ2n) is 5.62. The first-order valence-corrected chi connectivity index (χ1v) is 8.41. The second-order valence-corrected chi connectivity index (χ2v) is 6.65. The molecule has 0 spiro atoms. The molecule has 2 aromatic rings. The summed E-state index contributed by atoms with van der Waals surface area (Å²) in [6, 6.07) is 9.36. The van der Waals surface area contributed by atoms with Crippen LogP contribution in [0.25, 0.3) is 0 Å². The van der Waals surface area contributed by atoms with Crippen LogP contribution in [0.4, 0.5) is 4.39 Å². The molecule has 7 heteroatoms. The minimum absolute atomic E-state index is 0. The summed E-state index contributed by atoms with van der Waals surface area (Å²) in [7, 11) is 3.83. The van der Waals surface area contributed by atoms with E-state index in [1.54, 1.807) is 17.4 Å². The third-order valence-corrected chi connectivity index (χ3v) is 4.23. The molecular formula is C17H24FIN4S. The number of aliphatic imine (C=N–C) groups is 1. The molecule has 0 bridgehead atoms. The van der Waals surface area contributed by atoms with Crippen LogP contribution in [0.5, 0.6) is 0 Å². The van der Waals surface area contributed by atoms with E-state index in [0.717, 1.165) is 18.5 Å².